The molecule has 1 aliphatic rings. The fourth-order valence-electron chi connectivity index (χ4n) is 2.24. The average molecular weight is 237 g/mol. The maximum Gasteiger partial charge on any atom is 0.115 e. The van der Waals surface area contributed by atoms with Crippen LogP contribution in [-0.4, -0.2) is 21.3 Å². The second-order valence-electron chi connectivity index (χ2n) is 5.11. The number of nitrogens with two attached hydrogens (primary N) is 1. The van der Waals surface area contributed by atoms with Gasteiger partial charge in [-0.2, -0.15) is 0 Å². The Bertz CT molecular complexity index is 339. The summed E-state index contributed by atoms with van der Waals surface area (Å²) in [6.45, 7) is 4.53. The van der Waals surface area contributed by atoms with Crippen LogP contribution in [0.5, 0.6) is 0 Å². The van der Waals surface area contributed by atoms with Crippen molar-refractivity contribution < 1.29 is 0 Å². The molecule has 3 nitrogen and oxygen atoms in total. The summed E-state index contributed by atoms with van der Waals surface area (Å²) >= 11 is 1.78. The van der Waals surface area contributed by atoms with Crippen molar-refractivity contribution in [1.82, 2.24) is 9.97 Å². The molecule has 0 radical (unpaired) electrons. The Hall–Kier alpha value is -0.610. The van der Waals surface area contributed by atoms with Crippen molar-refractivity contribution in [2.75, 3.05) is 0 Å². The van der Waals surface area contributed by atoms with Crippen LogP contribution in [0, 0.1) is 5.41 Å². The summed E-state index contributed by atoms with van der Waals surface area (Å²) < 4.78 is 0. The van der Waals surface area contributed by atoms with Gasteiger partial charge in [0, 0.05) is 23.7 Å². The molecule has 2 rings (SSSR count). The Morgan fingerprint density at radius 1 is 1.44 bits per heavy atom. The molecule has 2 N–H and O–H groups in total. The molecule has 1 heterocycles. The van der Waals surface area contributed by atoms with Crippen LogP contribution in [0.25, 0.3) is 0 Å². The lowest BCUT2D eigenvalue weighted by Gasteiger charge is -2.41. The van der Waals surface area contributed by atoms with E-state index in [1.807, 2.05) is 6.20 Å². The average Bonchev–Trinajstić information content (AvgIpc) is 2.26. The van der Waals surface area contributed by atoms with Crippen molar-refractivity contribution in [3.63, 3.8) is 0 Å². The molecule has 0 saturated heterocycles. The van der Waals surface area contributed by atoms with E-state index in [9.17, 15) is 0 Å². The van der Waals surface area contributed by atoms with Crippen LogP contribution in [0.2, 0.25) is 0 Å². The zero-order valence-corrected chi connectivity index (χ0v) is 10.7. The van der Waals surface area contributed by atoms with E-state index in [1.54, 1.807) is 24.2 Å². The van der Waals surface area contributed by atoms with Gasteiger partial charge in [0.05, 0.1) is 6.20 Å². The molecular formula is C12H19N3S. The van der Waals surface area contributed by atoms with Gasteiger partial charge in [-0.05, 0) is 18.3 Å². The molecule has 16 heavy (non-hydrogen) atoms. The largest absolute Gasteiger partial charge is 0.326 e. The maximum atomic E-state index is 6.34. The van der Waals surface area contributed by atoms with Crippen LogP contribution in [0.1, 0.15) is 33.1 Å². The highest BCUT2D eigenvalue weighted by Gasteiger charge is 2.36. The van der Waals surface area contributed by atoms with E-state index >= 15 is 0 Å². The van der Waals surface area contributed by atoms with Gasteiger partial charge in [-0.15, -0.1) is 0 Å². The summed E-state index contributed by atoms with van der Waals surface area (Å²) in [7, 11) is 0. The molecule has 0 aliphatic heterocycles. The van der Waals surface area contributed by atoms with E-state index in [2.05, 4.69) is 23.8 Å². The standard InChI is InChI=1S/C12H19N3S/c1-12(2)5-3-4-9(11(12)13)16-10-8-14-6-7-15-10/h6-9,11H,3-5,13H2,1-2H3. The topological polar surface area (TPSA) is 51.8 Å². The number of nitrogens with zero attached hydrogens (tertiary/aromatic N) is 2. The molecule has 2 unspecified atom stereocenters. The van der Waals surface area contributed by atoms with Crippen molar-refractivity contribution in [2.24, 2.45) is 11.1 Å². The Morgan fingerprint density at radius 2 is 2.25 bits per heavy atom. The molecule has 1 fully saturated rings. The third kappa shape index (κ3) is 2.55. The first kappa shape index (κ1) is 11.9. The van der Waals surface area contributed by atoms with Gasteiger partial charge < -0.3 is 5.73 Å². The lowest BCUT2D eigenvalue weighted by molar-refractivity contribution is 0.208. The molecule has 88 valence electrons. The molecule has 0 amide bonds. The molecule has 1 saturated carbocycles. The number of rotatable bonds is 2. The van der Waals surface area contributed by atoms with Gasteiger partial charge in [-0.3, -0.25) is 4.98 Å². The quantitative estimate of drug-likeness (QED) is 0.858. The van der Waals surface area contributed by atoms with Crippen LogP contribution in [0.15, 0.2) is 23.6 Å². The molecule has 2 atom stereocenters. The van der Waals surface area contributed by atoms with Crippen LogP contribution < -0.4 is 5.73 Å². The Morgan fingerprint density at radius 3 is 2.94 bits per heavy atom. The van der Waals surface area contributed by atoms with E-state index in [-0.39, 0.29) is 11.5 Å². The highest BCUT2D eigenvalue weighted by atomic mass is 32.2. The van der Waals surface area contributed by atoms with Crippen LogP contribution in [-0.2, 0) is 0 Å². The molecule has 1 aliphatic carbocycles. The fourth-order valence-corrected chi connectivity index (χ4v) is 3.60. The van der Waals surface area contributed by atoms with Gasteiger partial charge in [0.1, 0.15) is 5.03 Å². The predicted molar refractivity (Wildman–Crippen MR) is 67.3 cm³/mol. The number of hydrogen-bond donors (Lipinski definition) is 1. The molecule has 0 bridgehead atoms. The lowest BCUT2D eigenvalue weighted by Crippen LogP contribution is -2.48. The second kappa shape index (κ2) is 4.72. The maximum absolute atomic E-state index is 6.34. The minimum Gasteiger partial charge on any atom is -0.326 e. The second-order valence-corrected chi connectivity index (χ2v) is 6.37. The van der Waals surface area contributed by atoms with Gasteiger partial charge >= 0.3 is 0 Å². The fraction of sp³-hybridized carbons (Fsp3) is 0.667. The normalized spacial score (nSPS) is 28.9. The smallest absolute Gasteiger partial charge is 0.115 e. The van der Waals surface area contributed by atoms with E-state index in [0.717, 1.165) is 5.03 Å². The van der Waals surface area contributed by atoms with Crippen LogP contribution in [0.3, 0.4) is 0 Å². The zero-order valence-electron chi connectivity index (χ0n) is 9.89. The van der Waals surface area contributed by atoms with Crippen molar-refractivity contribution in [1.29, 1.82) is 0 Å². The monoisotopic (exact) mass is 237 g/mol. The number of thioether (sulfide) groups is 1. The Balaban J connectivity index is 2.05. The summed E-state index contributed by atoms with van der Waals surface area (Å²) in [5.41, 5.74) is 6.58. The predicted octanol–water partition coefficient (Wildman–Crippen LogP) is 2.47. The van der Waals surface area contributed by atoms with Crippen molar-refractivity contribution >= 4 is 11.8 Å². The van der Waals surface area contributed by atoms with Gasteiger partial charge in [0.25, 0.3) is 0 Å². The van der Waals surface area contributed by atoms with E-state index < -0.39 is 0 Å². The summed E-state index contributed by atoms with van der Waals surface area (Å²) in [6, 6.07) is 0.244. The first-order valence-electron chi connectivity index (χ1n) is 5.78. The van der Waals surface area contributed by atoms with Crippen LogP contribution >= 0.6 is 11.8 Å². The first-order chi connectivity index (χ1) is 7.59. The zero-order chi connectivity index (χ0) is 11.6. The van der Waals surface area contributed by atoms with Gasteiger partial charge in [-0.1, -0.05) is 32.0 Å². The third-order valence-corrected chi connectivity index (χ3v) is 4.71. The summed E-state index contributed by atoms with van der Waals surface area (Å²) in [4.78, 5) is 8.39. The highest BCUT2D eigenvalue weighted by Crippen LogP contribution is 2.41. The number of hydrogen-bond acceptors (Lipinski definition) is 4. The lowest BCUT2D eigenvalue weighted by atomic mass is 9.73. The first-order valence-corrected chi connectivity index (χ1v) is 6.66. The number of aromatic nitrogens is 2. The minimum atomic E-state index is 0.244. The highest BCUT2D eigenvalue weighted by molar-refractivity contribution is 7.99. The van der Waals surface area contributed by atoms with Crippen molar-refractivity contribution in [3.8, 4) is 0 Å². The summed E-state index contributed by atoms with van der Waals surface area (Å²) in [5, 5.41) is 1.46. The van der Waals surface area contributed by atoms with Crippen molar-refractivity contribution in [2.45, 2.75) is 49.4 Å². The van der Waals surface area contributed by atoms with Crippen molar-refractivity contribution in [3.05, 3.63) is 18.6 Å². The molecule has 1 aromatic heterocycles. The SMILES string of the molecule is CC1(C)CCCC(Sc2cnccn2)C1N. The molecule has 1 aromatic rings. The van der Waals surface area contributed by atoms with E-state index in [4.69, 9.17) is 5.73 Å². The minimum absolute atomic E-state index is 0.244. The van der Waals surface area contributed by atoms with E-state index in [1.165, 1.54) is 19.3 Å². The summed E-state index contributed by atoms with van der Waals surface area (Å²) in [5.74, 6) is 0. The molecule has 0 spiro atoms. The van der Waals surface area contributed by atoms with Gasteiger partial charge in [-0.25, -0.2) is 4.98 Å². The third-order valence-electron chi connectivity index (χ3n) is 3.42. The molecule has 0 aromatic carbocycles. The van der Waals surface area contributed by atoms with Crippen LogP contribution in [0.4, 0.5) is 0 Å². The Kier molecular flexibility index (Phi) is 3.50. The van der Waals surface area contributed by atoms with E-state index in [0.29, 0.717) is 5.25 Å². The molecular weight excluding hydrogens is 218 g/mol. The Labute approximate surface area is 101 Å². The molecule has 4 heteroatoms. The van der Waals surface area contributed by atoms with Gasteiger partial charge in [0.2, 0.25) is 0 Å². The van der Waals surface area contributed by atoms with Gasteiger partial charge in [0.15, 0.2) is 0 Å². The summed E-state index contributed by atoms with van der Waals surface area (Å²) in [6.07, 6.45) is 8.94.